The number of pyridine rings is 2. The smallest absolute Gasteiger partial charge is 0.222 e. The Labute approximate surface area is 148 Å². The standard InChI is InChI=1S/C15H17ClN4O3S/c1-9(22)19-12-7-10(3-4-17-12)11-8-18-15(16)13(14(11)23)20-24-6-2-5-21/h3-4,7-8,20-21H,2,5-6H2,1H3,(H,18,23)(H,17,19,22). The molecule has 0 unspecified atom stereocenters. The van der Waals surface area contributed by atoms with Crippen LogP contribution in [-0.4, -0.2) is 38.4 Å². The van der Waals surface area contributed by atoms with E-state index in [1.807, 2.05) is 0 Å². The molecule has 24 heavy (non-hydrogen) atoms. The molecule has 2 heterocycles. The van der Waals surface area contributed by atoms with Crippen LogP contribution < -0.4 is 10.0 Å². The molecule has 128 valence electrons. The number of carbonyl (C=O) groups is 1. The van der Waals surface area contributed by atoms with Gasteiger partial charge >= 0.3 is 0 Å². The van der Waals surface area contributed by atoms with Crippen LogP contribution in [0.1, 0.15) is 13.3 Å². The highest BCUT2D eigenvalue weighted by Crippen LogP contribution is 2.40. The lowest BCUT2D eigenvalue weighted by Crippen LogP contribution is -2.07. The molecule has 0 aliphatic carbocycles. The van der Waals surface area contributed by atoms with Crippen LogP contribution in [0, 0.1) is 0 Å². The SMILES string of the molecule is CC(=O)Nc1cc(-c2cnc(Cl)c(NSCCCO)c2O)ccn1. The van der Waals surface area contributed by atoms with Crippen LogP contribution >= 0.6 is 23.5 Å². The minimum absolute atomic E-state index is 0.0496. The third kappa shape index (κ3) is 4.73. The topological polar surface area (TPSA) is 107 Å². The van der Waals surface area contributed by atoms with Crippen LogP contribution in [-0.2, 0) is 4.79 Å². The Kier molecular flexibility index (Phi) is 6.65. The Hall–Kier alpha value is -2.03. The third-order valence-electron chi connectivity index (χ3n) is 2.96. The summed E-state index contributed by atoms with van der Waals surface area (Å²) in [5.74, 6) is 0.742. The molecule has 0 aromatic carbocycles. The quantitative estimate of drug-likeness (QED) is 0.338. The van der Waals surface area contributed by atoms with Gasteiger partial charge in [-0.15, -0.1) is 0 Å². The number of carbonyl (C=O) groups excluding carboxylic acids is 1. The van der Waals surface area contributed by atoms with Gasteiger partial charge in [-0.05, 0) is 24.1 Å². The van der Waals surface area contributed by atoms with Gasteiger partial charge in [-0.3, -0.25) is 4.79 Å². The Morgan fingerprint density at radius 1 is 1.42 bits per heavy atom. The molecule has 9 heteroatoms. The van der Waals surface area contributed by atoms with Crippen LogP contribution in [0.25, 0.3) is 11.1 Å². The van der Waals surface area contributed by atoms with Crippen LogP contribution in [0.3, 0.4) is 0 Å². The van der Waals surface area contributed by atoms with Crippen LogP contribution in [0.15, 0.2) is 24.5 Å². The zero-order valence-electron chi connectivity index (χ0n) is 12.9. The summed E-state index contributed by atoms with van der Waals surface area (Å²) >= 11 is 7.35. The molecule has 0 radical (unpaired) electrons. The number of hydrogen-bond donors (Lipinski definition) is 4. The van der Waals surface area contributed by atoms with Gasteiger partial charge in [0.2, 0.25) is 5.91 Å². The highest BCUT2D eigenvalue weighted by atomic mass is 35.5. The van der Waals surface area contributed by atoms with E-state index in [0.29, 0.717) is 34.8 Å². The number of aliphatic hydroxyl groups is 1. The first-order chi connectivity index (χ1) is 11.5. The van der Waals surface area contributed by atoms with Gasteiger partial charge in [-0.2, -0.15) is 0 Å². The van der Waals surface area contributed by atoms with E-state index < -0.39 is 0 Å². The lowest BCUT2D eigenvalue weighted by Gasteiger charge is -2.13. The molecule has 1 amide bonds. The van der Waals surface area contributed by atoms with Gasteiger partial charge in [-0.1, -0.05) is 23.5 Å². The molecule has 0 spiro atoms. The first-order valence-electron chi connectivity index (χ1n) is 7.13. The number of nitrogens with zero attached hydrogens (tertiary/aromatic N) is 2. The number of amides is 1. The van der Waals surface area contributed by atoms with Crippen molar-refractivity contribution in [3.05, 3.63) is 29.7 Å². The zero-order chi connectivity index (χ0) is 17.5. The summed E-state index contributed by atoms with van der Waals surface area (Å²) in [5, 5.41) is 22.0. The Morgan fingerprint density at radius 3 is 2.92 bits per heavy atom. The highest BCUT2D eigenvalue weighted by Gasteiger charge is 2.15. The fourth-order valence-electron chi connectivity index (χ4n) is 1.89. The molecule has 7 nitrogen and oxygen atoms in total. The van der Waals surface area contributed by atoms with Crippen molar-refractivity contribution in [2.45, 2.75) is 13.3 Å². The van der Waals surface area contributed by atoms with Gasteiger partial charge < -0.3 is 20.3 Å². The monoisotopic (exact) mass is 368 g/mol. The molecule has 0 aliphatic rings. The Bertz CT molecular complexity index is 730. The van der Waals surface area contributed by atoms with Crippen molar-refractivity contribution < 1.29 is 15.0 Å². The van der Waals surface area contributed by atoms with Gasteiger partial charge in [0.15, 0.2) is 10.9 Å². The summed E-state index contributed by atoms with van der Waals surface area (Å²) in [7, 11) is 0. The van der Waals surface area contributed by atoms with E-state index in [4.69, 9.17) is 16.7 Å². The molecular formula is C15H17ClN4O3S. The Morgan fingerprint density at radius 2 is 2.21 bits per heavy atom. The zero-order valence-corrected chi connectivity index (χ0v) is 14.5. The fraction of sp³-hybridized carbons (Fsp3) is 0.267. The van der Waals surface area contributed by atoms with Crippen LogP contribution in [0.5, 0.6) is 5.75 Å². The molecule has 0 saturated carbocycles. The van der Waals surface area contributed by atoms with Crippen molar-refractivity contribution in [2.75, 3.05) is 22.4 Å². The van der Waals surface area contributed by atoms with Gasteiger partial charge in [0, 0.05) is 37.2 Å². The van der Waals surface area contributed by atoms with Crippen molar-refractivity contribution in [3.8, 4) is 16.9 Å². The van der Waals surface area contributed by atoms with Crippen LogP contribution in [0.4, 0.5) is 11.5 Å². The van der Waals surface area contributed by atoms with Crippen molar-refractivity contribution in [3.63, 3.8) is 0 Å². The molecule has 0 atom stereocenters. The lowest BCUT2D eigenvalue weighted by atomic mass is 10.1. The number of aromatic hydroxyl groups is 1. The average Bonchev–Trinajstić information content (AvgIpc) is 2.53. The number of halogens is 1. The summed E-state index contributed by atoms with van der Waals surface area (Å²) < 4.78 is 2.95. The van der Waals surface area contributed by atoms with E-state index in [1.165, 1.54) is 31.3 Å². The van der Waals surface area contributed by atoms with E-state index in [0.717, 1.165) is 0 Å². The first kappa shape index (κ1) is 18.3. The number of aliphatic hydroxyl groups excluding tert-OH is 1. The van der Waals surface area contributed by atoms with Crippen molar-refractivity contribution in [1.82, 2.24) is 9.97 Å². The van der Waals surface area contributed by atoms with E-state index in [-0.39, 0.29) is 23.4 Å². The van der Waals surface area contributed by atoms with Gasteiger partial charge in [0.25, 0.3) is 0 Å². The van der Waals surface area contributed by atoms with Crippen molar-refractivity contribution in [2.24, 2.45) is 0 Å². The summed E-state index contributed by atoms with van der Waals surface area (Å²) in [5.41, 5.74) is 1.40. The molecule has 4 N–H and O–H groups in total. The molecule has 0 fully saturated rings. The summed E-state index contributed by atoms with van der Waals surface area (Å²) in [4.78, 5) is 19.3. The highest BCUT2D eigenvalue weighted by molar-refractivity contribution is 8.00. The van der Waals surface area contributed by atoms with E-state index >= 15 is 0 Å². The fourth-order valence-corrected chi connectivity index (χ4v) is 2.84. The molecule has 0 saturated heterocycles. The predicted octanol–water partition coefficient (Wildman–Crippen LogP) is 2.90. The average molecular weight is 369 g/mol. The molecule has 2 aromatic heterocycles. The van der Waals surface area contributed by atoms with Crippen molar-refractivity contribution in [1.29, 1.82) is 0 Å². The minimum atomic E-state index is -0.235. The van der Waals surface area contributed by atoms with Gasteiger partial charge in [0.05, 0.1) is 0 Å². The largest absolute Gasteiger partial charge is 0.505 e. The maximum Gasteiger partial charge on any atom is 0.222 e. The maximum atomic E-state index is 11.1. The second-order valence-electron chi connectivity index (χ2n) is 4.82. The van der Waals surface area contributed by atoms with E-state index in [9.17, 15) is 9.90 Å². The number of anilines is 2. The van der Waals surface area contributed by atoms with Gasteiger partial charge in [-0.25, -0.2) is 9.97 Å². The normalized spacial score (nSPS) is 10.5. The van der Waals surface area contributed by atoms with Crippen molar-refractivity contribution >= 4 is 41.0 Å². The van der Waals surface area contributed by atoms with Gasteiger partial charge in [0.1, 0.15) is 11.5 Å². The van der Waals surface area contributed by atoms with Crippen LogP contribution in [0.2, 0.25) is 5.15 Å². The molecule has 0 aliphatic heterocycles. The summed E-state index contributed by atoms with van der Waals surface area (Å²) in [6.45, 7) is 1.48. The molecule has 2 aromatic rings. The number of nitrogens with one attached hydrogen (secondary N) is 2. The number of aromatic nitrogens is 2. The summed E-state index contributed by atoms with van der Waals surface area (Å²) in [6, 6.07) is 3.33. The lowest BCUT2D eigenvalue weighted by molar-refractivity contribution is -0.114. The molecule has 0 bridgehead atoms. The summed E-state index contributed by atoms with van der Waals surface area (Å²) in [6.07, 6.45) is 3.60. The second-order valence-corrected chi connectivity index (χ2v) is 6.08. The van der Waals surface area contributed by atoms with E-state index in [2.05, 4.69) is 20.0 Å². The minimum Gasteiger partial charge on any atom is -0.505 e. The first-order valence-corrected chi connectivity index (χ1v) is 8.49. The second kappa shape index (κ2) is 8.72. The molecular weight excluding hydrogens is 352 g/mol. The number of hydrogen-bond acceptors (Lipinski definition) is 7. The Balaban J connectivity index is 2.29. The maximum absolute atomic E-state index is 11.1. The molecule has 2 rings (SSSR count). The predicted molar refractivity (Wildman–Crippen MR) is 96.2 cm³/mol. The van der Waals surface area contributed by atoms with E-state index in [1.54, 1.807) is 12.1 Å². The number of rotatable bonds is 7. The third-order valence-corrected chi connectivity index (χ3v) is 4.09.